The van der Waals surface area contributed by atoms with Gasteiger partial charge in [0.05, 0.1) is 10.2 Å². The lowest BCUT2D eigenvalue weighted by atomic mass is 9.87. The fourth-order valence-electron chi connectivity index (χ4n) is 3.10. The van der Waals surface area contributed by atoms with Gasteiger partial charge in [-0.2, -0.15) is 0 Å². The van der Waals surface area contributed by atoms with Crippen LogP contribution in [0.5, 0.6) is 0 Å². The molecule has 1 saturated carbocycles. The van der Waals surface area contributed by atoms with Crippen LogP contribution in [0.3, 0.4) is 0 Å². The van der Waals surface area contributed by atoms with Gasteiger partial charge in [-0.15, -0.1) is 11.3 Å². The molecule has 4 heteroatoms. The van der Waals surface area contributed by atoms with E-state index in [4.69, 9.17) is 0 Å². The van der Waals surface area contributed by atoms with Crippen molar-refractivity contribution in [1.82, 2.24) is 10.3 Å². The third-order valence-corrected chi connectivity index (χ3v) is 5.46. The summed E-state index contributed by atoms with van der Waals surface area (Å²) in [6.07, 6.45) is 6.75. The smallest absolute Gasteiger partial charge is 0.0809 e. The van der Waals surface area contributed by atoms with E-state index in [1.807, 2.05) is 6.20 Å². The molecule has 0 aliphatic heterocycles. The number of hydrogen-bond donors (Lipinski definition) is 2. The quantitative estimate of drug-likeness (QED) is 0.886. The van der Waals surface area contributed by atoms with E-state index in [1.165, 1.54) is 23.1 Å². The zero-order valence-electron chi connectivity index (χ0n) is 11.9. The molecule has 0 radical (unpaired) electrons. The first kappa shape index (κ1) is 14.0. The lowest BCUT2D eigenvalue weighted by Gasteiger charge is -2.28. The maximum Gasteiger partial charge on any atom is 0.0809 e. The van der Waals surface area contributed by atoms with Crippen molar-refractivity contribution < 1.29 is 5.11 Å². The maximum atomic E-state index is 9.66. The predicted molar refractivity (Wildman–Crippen MR) is 84.0 cm³/mol. The van der Waals surface area contributed by atoms with Crippen LogP contribution in [0.2, 0.25) is 0 Å². The van der Waals surface area contributed by atoms with E-state index in [9.17, 15) is 5.11 Å². The first-order valence-electron chi connectivity index (χ1n) is 7.40. The third kappa shape index (κ3) is 2.73. The number of hydrogen-bond acceptors (Lipinski definition) is 4. The third-order valence-electron chi connectivity index (χ3n) is 4.61. The molecule has 20 heavy (non-hydrogen) atoms. The number of aliphatic hydroxyl groups excluding tert-OH is 1. The number of nitrogens with one attached hydrogen (secondary N) is 1. The molecule has 3 nitrogen and oxygen atoms in total. The second kappa shape index (κ2) is 5.80. The summed E-state index contributed by atoms with van der Waals surface area (Å²) >= 11 is 1.74. The molecule has 2 heterocycles. The normalized spacial score (nSPS) is 19.5. The SMILES string of the molecule is CC(NCC1(CO)CCCC1)c1cnc2ccsc2c1. The number of thiophene rings is 1. The Bertz CT molecular complexity index is 575. The largest absolute Gasteiger partial charge is 0.396 e. The van der Waals surface area contributed by atoms with Crippen molar-refractivity contribution in [3.8, 4) is 0 Å². The molecule has 1 atom stereocenters. The Kier molecular flexibility index (Phi) is 4.06. The first-order valence-corrected chi connectivity index (χ1v) is 8.28. The molecule has 2 aromatic heterocycles. The van der Waals surface area contributed by atoms with Crippen LogP contribution in [0.15, 0.2) is 23.7 Å². The average molecular weight is 290 g/mol. The minimum atomic E-state index is 0.106. The Labute approximate surface area is 124 Å². The Morgan fingerprint density at radius 3 is 3.00 bits per heavy atom. The van der Waals surface area contributed by atoms with Crippen LogP contribution in [0.25, 0.3) is 10.2 Å². The van der Waals surface area contributed by atoms with E-state index in [2.05, 4.69) is 34.7 Å². The van der Waals surface area contributed by atoms with Crippen molar-refractivity contribution >= 4 is 21.6 Å². The van der Waals surface area contributed by atoms with Crippen LogP contribution in [-0.4, -0.2) is 23.2 Å². The molecule has 1 fully saturated rings. The molecular weight excluding hydrogens is 268 g/mol. The zero-order chi connectivity index (χ0) is 14.0. The maximum absolute atomic E-state index is 9.66. The molecule has 2 N–H and O–H groups in total. The number of fused-ring (bicyclic) bond motifs is 1. The van der Waals surface area contributed by atoms with Gasteiger partial charge in [0, 0.05) is 30.8 Å². The van der Waals surface area contributed by atoms with Crippen LogP contribution in [0, 0.1) is 5.41 Å². The van der Waals surface area contributed by atoms with Crippen molar-refractivity contribution in [3.63, 3.8) is 0 Å². The van der Waals surface area contributed by atoms with E-state index < -0.39 is 0 Å². The van der Waals surface area contributed by atoms with Crippen molar-refractivity contribution in [2.24, 2.45) is 5.41 Å². The van der Waals surface area contributed by atoms with Gasteiger partial charge in [-0.05, 0) is 42.8 Å². The monoisotopic (exact) mass is 290 g/mol. The Morgan fingerprint density at radius 1 is 1.45 bits per heavy atom. The molecule has 0 amide bonds. The van der Waals surface area contributed by atoms with E-state index in [0.717, 1.165) is 24.9 Å². The molecule has 1 aliphatic carbocycles. The number of aliphatic hydroxyl groups is 1. The molecule has 2 aromatic rings. The fourth-order valence-corrected chi connectivity index (χ4v) is 3.89. The highest BCUT2D eigenvalue weighted by Crippen LogP contribution is 2.37. The number of nitrogens with zero attached hydrogens (tertiary/aromatic N) is 1. The highest BCUT2D eigenvalue weighted by atomic mass is 32.1. The molecule has 108 valence electrons. The summed E-state index contributed by atoms with van der Waals surface area (Å²) in [6.45, 7) is 3.37. The van der Waals surface area contributed by atoms with Crippen LogP contribution < -0.4 is 5.32 Å². The van der Waals surface area contributed by atoms with E-state index in [1.54, 1.807) is 11.3 Å². The van der Waals surface area contributed by atoms with Crippen molar-refractivity contribution in [1.29, 1.82) is 0 Å². The van der Waals surface area contributed by atoms with Crippen molar-refractivity contribution in [3.05, 3.63) is 29.3 Å². The molecule has 0 saturated heterocycles. The second-order valence-corrected chi connectivity index (χ2v) is 6.99. The van der Waals surface area contributed by atoms with Gasteiger partial charge < -0.3 is 10.4 Å². The summed E-state index contributed by atoms with van der Waals surface area (Å²) in [7, 11) is 0. The van der Waals surface area contributed by atoms with E-state index in [0.29, 0.717) is 6.61 Å². The van der Waals surface area contributed by atoms with Crippen LogP contribution in [0.1, 0.15) is 44.2 Å². The van der Waals surface area contributed by atoms with Gasteiger partial charge in [-0.1, -0.05) is 12.8 Å². The Balaban J connectivity index is 1.67. The Hall–Kier alpha value is -0.970. The van der Waals surface area contributed by atoms with Gasteiger partial charge in [-0.25, -0.2) is 0 Å². The lowest BCUT2D eigenvalue weighted by molar-refractivity contribution is 0.125. The standard InChI is InChI=1S/C16H22N2OS/c1-12(18-10-16(11-19)5-2-3-6-16)13-8-15-14(17-9-13)4-7-20-15/h4,7-9,12,18-19H,2-3,5-6,10-11H2,1H3. The van der Waals surface area contributed by atoms with Gasteiger partial charge in [0.1, 0.15) is 0 Å². The molecule has 3 rings (SSSR count). The summed E-state index contributed by atoms with van der Waals surface area (Å²) in [4.78, 5) is 4.50. The number of pyridine rings is 1. The fraction of sp³-hybridized carbons (Fsp3) is 0.562. The van der Waals surface area contributed by atoms with Crippen molar-refractivity contribution in [2.75, 3.05) is 13.2 Å². The number of aromatic nitrogens is 1. The topological polar surface area (TPSA) is 45.1 Å². The number of rotatable bonds is 5. The molecule has 0 aromatic carbocycles. The second-order valence-electron chi connectivity index (χ2n) is 6.04. The lowest BCUT2D eigenvalue weighted by Crippen LogP contribution is -2.36. The van der Waals surface area contributed by atoms with Gasteiger partial charge in [0.15, 0.2) is 0 Å². The molecular formula is C16H22N2OS. The predicted octanol–water partition coefficient (Wildman–Crippen LogP) is 3.50. The van der Waals surface area contributed by atoms with E-state index >= 15 is 0 Å². The first-order chi connectivity index (χ1) is 9.72. The zero-order valence-corrected chi connectivity index (χ0v) is 12.7. The van der Waals surface area contributed by atoms with Gasteiger partial charge in [-0.3, -0.25) is 4.98 Å². The molecule has 0 bridgehead atoms. The molecule has 0 spiro atoms. The van der Waals surface area contributed by atoms with Gasteiger partial charge in [0.2, 0.25) is 0 Å². The summed E-state index contributed by atoms with van der Waals surface area (Å²) in [5.41, 5.74) is 2.41. The summed E-state index contributed by atoms with van der Waals surface area (Å²) < 4.78 is 1.24. The van der Waals surface area contributed by atoms with Crippen LogP contribution >= 0.6 is 11.3 Å². The highest BCUT2D eigenvalue weighted by molar-refractivity contribution is 7.17. The van der Waals surface area contributed by atoms with Crippen molar-refractivity contribution in [2.45, 2.75) is 38.6 Å². The van der Waals surface area contributed by atoms with Gasteiger partial charge in [0.25, 0.3) is 0 Å². The van der Waals surface area contributed by atoms with Gasteiger partial charge >= 0.3 is 0 Å². The van der Waals surface area contributed by atoms with Crippen LogP contribution in [-0.2, 0) is 0 Å². The highest BCUT2D eigenvalue weighted by Gasteiger charge is 2.33. The summed E-state index contributed by atoms with van der Waals surface area (Å²) in [5, 5.41) is 15.3. The minimum Gasteiger partial charge on any atom is -0.396 e. The average Bonchev–Trinajstić information content (AvgIpc) is 3.13. The van der Waals surface area contributed by atoms with E-state index in [-0.39, 0.29) is 11.5 Å². The summed E-state index contributed by atoms with van der Waals surface area (Å²) in [5.74, 6) is 0. The molecule has 1 aliphatic rings. The Morgan fingerprint density at radius 2 is 2.25 bits per heavy atom. The summed E-state index contributed by atoms with van der Waals surface area (Å²) in [6, 6.07) is 4.56. The molecule has 1 unspecified atom stereocenters. The van der Waals surface area contributed by atoms with Crippen LogP contribution in [0.4, 0.5) is 0 Å². The minimum absolute atomic E-state index is 0.106.